The summed E-state index contributed by atoms with van der Waals surface area (Å²) in [6, 6.07) is 0. The zero-order chi connectivity index (χ0) is 10.5. The molecule has 3 N–H and O–H groups in total. The number of hydrogen-bond donors (Lipinski definition) is 2. The van der Waals surface area contributed by atoms with E-state index in [4.69, 9.17) is 5.73 Å². The second-order valence-electron chi connectivity index (χ2n) is 3.70. The summed E-state index contributed by atoms with van der Waals surface area (Å²) in [6.45, 7) is 4.11. The molecule has 0 amide bonds. The normalized spacial score (nSPS) is 11.0. The summed E-state index contributed by atoms with van der Waals surface area (Å²) >= 11 is 0. The third-order valence-corrected chi connectivity index (χ3v) is 2.24. The molecule has 0 saturated carbocycles. The number of rotatable bonds is 10. The van der Waals surface area contributed by atoms with Crippen molar-refractivity contribution in [3.8, 4) is 0 Å². The highest BCUT2D eigenvalue weighted by molar-refractivity contribution is 4.78. The van der Waals surface area contributed by atoms with Crippen LogP contribution >= 0.6 is 0 Å². The fourth-order valence-electron chi connectivity index (χ4n) is 1.31. The molecule has 0 radical (unpaired) electrons. The maximum absolute atomic E-state index is 5.39. The van der Waals surface area contributed by atoms with E-state index in [0.717, 1.165) is 19.5 Å². The van der Waals surface area contributed by atoms with Gasteiger partial charge in [-0.15, -0.1) is 0 Å². The molecular weight excluding hydrogens is 172 g/mol. The molecule has 0 aromatic carbocycles. The summed E-state index contributed by atoms with van der Waals surface area (Å²) < 4.78 is 0. The lowest BCUT2D eigenvalue weighted by atomic mass is 10.1. The molecule has 0 aliphatic heterocycles. The second kappa shape index (κ2) is 12.5. The highest BCUT2D eigenvalue weighted by Gasteiger charge is 1.84. The molecule has 2 nitrogen and oxygen atoms in total. The molecule has 0 unspecified atom stereocenters. The second-order valence-corrected chi connectivity index (χ2v) is 3.70. The van der Waals surface area contributed by atoms with Crippen LogP contribution in [-0.2, 0) is 0 Å². The van der Waals surface area contributed by atoms with E-state index in [1.165, 1.54) is 38.5 Å². The minimum atomic E-state index is 0.808. The summed E-state index contributed by atoms with van der Waals surface area (Å²) in [5.41, 5.74) is 5.39. The van der Waals surface area contributed by atoms with Gasteiger partial charge >= 0.3 is 0 Å². The minimum absolute atomic E-state index is 0.808. The Morgan fingerprint density at radius 1 is 1.07 bits per heavy atom. The zero-order valence-corrected chi connectivity index (χ0v) is 9.60. The molecule has 0 spiro atoms. The molecule has 0 aliphatic carbocycles. The van der Waals surface area contributed by atoms with Crippen molar-refractivity contribution < 1.29 is 0 Å². The number of allylic oxidation sites excluding steroid dienone is 1. The van der Waals surface area contributed by atoms with E-state index in [0.29, 0.717) is 0 Å². The maximum atomic E-state index is 5.39. The quantitative estimate of drug-likeness (QED) is 0.530. The predicted molar refractivity (Wildman–Crippen MR) is 64.2 cm³/mol. The SMILES string of the molecule is CCCCCCC=CNCCCCN. The van der Waals surface area contributed by atoms with Crippen molar-refractivity contribution in [2.24, 2.45) is 5.73 Å². The average Bonchev–Trinajstić information content (AvgIpc) is 2.21. The standard InChI is InChI=1S/C12H26N2/c1-2-3-4-5-6-8-11-14-12-9-7-10-13/h8,11,14H,2-7,9-10,12-13H2,1H3. The van der Waals surface area contributed by atoms with Gasteiger partial charge in [0.1, 0.15) is 0 Å². The van der Waals surface area contributed by atoms with Crippen molar-refractivity contribution in [3.63, 3.8) is 0 Å². The fourth-order valence-corrected chi connectivity index (χ4v) is 1.31. The van der Waals surface area contributed by atoms with Crippen LogP contribution in [0.3, 0.4) is 0 Å². The third kappa shape index (κ3) is 11.5. The molecule has 0 atom stereocenters. The van der Waals surface area contributed by atoms with E-state index in [2.05, 4.69) is 24.5 Å². The summed E-state index contributed by atoms with van der Waals surface area (Å²) in [5.74, 6) is 0. The van der Waals surface area contributed by atoms with Gasteiger partial charge in [0.05, 0.1) is 0 Å². The van der Waals surface area contributed by atoms with Gasteiger partial charge in [0.2, 0.25) is 0 Å². The molecule has 0 heterocycles. The summed E-state index contributed by atoms with van der Waals surface area (Å²) in [5, 5.41) is 3.27. The topological polar surface area (TPSA) is 38.0 Å². The van der Waals surface area contributed by atoms with E-state index in [9.17, 15) is 0 Å². The Labute approximate surface area is 89.0 Å². The van der Waals surface area contributed by atoms with E-state index in [-0.39, 0.29) is 0 Å². The third-order valence-electron chi connectivity index (χ3n) is 2.24. The fraction of sp³-hybridized carbons (Fsp3) is 0.833. The molecule has 0 aliphatic rings. The Morgan fingerprint density at radius 3 is 2.64 bits per heavy atom. The first-order valence-electron chi connectivity index (χ1n) is 6.00. The summed E-state index contributed by atoms with van der Waals surface area (Å²) in [6.07, 6.45) is 13.2. The highest BCUT2D eigenvalue weighted by atomic mass is 14.8. The van der Waals surface area contributed by atoms with Gasteiger partial charge in [-0.05, 0) is 38.4 Å². The van der Waals surface area contributed by atoms with Crippen LogP contribution in [0, 0.1) is 0 Å². The molecular formula is C12H26N2. The van der Waals surface area contributed by atoms with Crippen LogP contribution in [0.5, 0.6) is 0 Å². The van der Waals surface area contributed by atoms with E-state index < -0.39 is 0 Å². The van der Waals surface area contributed by atoms with Crippen molar-refractivity contribution in [1.82, 2.24) is 5.32 Å². The Balaban J connectivity index is 2.96. The largest absolute Gasteiger partial charge is 0.391 e. The molecule has 0 rings (SSSR count). The van der Waals surface area contributed by atoms with Crippen LogP contribution < -0.4 is 11.1 Å². The number of unbranched alkanes of at least 4 members (excludes halogenated alkanes) is 5. The van der Waals surface area contributed by atoms with Crippen molar-refractivity contribution in [2.75, 3.05) is 13.1 Å². The van der Waals surface area contributed by atoms with Gasteiger partial charge in [0.25, 0.3) is 0 Å². The van der Waals surface area contributed by atoms with Crippen LogP contribution in [0.15, 0.2) is 12.3 Å². The van der Waals surface area contributed by atoms with Gasteiger partial charge in [-0.25, -0.2) is 0 Å². The van der Waals surface area contributed by atoms with Crippen LogP contribution in [0.4, 0.5) is 0 Å². The Morgan fingerprint density at radius 2 is 1.93 bits per heavy atom. The monoisotopic (exact) mass is 198 g/mol. The molecule has 0 aromatic rings. The number of hydrogen-bond acceptors (Lipinski definition) is 2. The Kier molecular flexibility index (Phi) is 12.1. The first-order valence-corrected chi connectivity index (χ1v) is 6.00. The number of nitrogens with one attached hydrogen (secondary N) is 1. The Hall–Kier alpha value is -0.500. The van der Waals surface area contributed by atoms with E-state index >= 15 is 0 Å². The van der Waals surface area contributed by atoms with E-state index in [1.807, 2.05) is 0 Å². The van der Waals surface area contributed by atoms with Crippen molar-refractivity contribution in [1.29, 1.82) is 0 Å². The van der Waals surface area contributed by atoms with Gasteiger partial charge in [-0.2, -0.15) is 0 Å². The maximum Gasteiger partial charge on any atom is 0.0141 e. The summed E-state index contributed by atoms with van der Waals surface area (Å²) in [4.78, 5) is 0. The van der Waals surface area contributed by atoms with Crippen LogP contribution in [-0.4, -0.2) is 13.1 Å². The lowest BCUT2D eigenvalue weighted by Gasteiger charge is -1.99. The first kappa shape index (κ1) is 13.5. The van der Waals surface area contributed by atoms with Gasteiger partial charge in [0.15, 0.2) is 0 Å². The predicted octanol–water partition coefficient (Wildman–Crippen LogP) is 2.80. The Bertz CT molecular complexity index is 107. The molecule has 0 bridgehead atoms. The van der Waals surface area contributed by atoms with Crippen molar-refractivity contribution >= 4 is 0 Å². The van der Waals surface area contributed by atoms with Gasteiger partial charge < -0.3 is 11.1 Å². The van der Waals surface area contributed by atoms with Gasteiger partial charge in [0, 0.05) is 6.54 Å². The minimum Gasteiger partial charge on any atom is -0.391 e. The lowest BCUT2D eigenvalue weighted by Crippen LogP contribution is -2.09. The molecule has 0 fully saturated rings. The summed E-state index contributed by atoms with van der Waals surface area (Å²) in [7, 11) is 0. The molecule has 14 heavy (non-hydrogen) atoms. The lowest BCUT2D eigenvalue weighted by molar-refractivity contribution is 0.670. The molecule has 84 valence electrons. The van der Waals surface area contributed by atoms with Gasteiger partial charge in [-0.1, -0.05) is 32.3 Å². The van der Waals surface area contributed by atoms with Crippen LogP contribution in [0.25, 0.3) is 0 Å². The van der Waals surface area contributed by atoms with Gasteiger partial charge in [-0.3, -0.25) is 0 Å². The average molecular weight is 198 g/mol. The first-order chi connectivity index (χ1) is 6.91. The van der Waals surface area contributed by atoms with Crippen molar-refractivity contribution in [2.45, 2.75) is 51.9 Å². The molecule has 0 saturated heterocycles. The molecule has 2 heteroatoms. The highest BCUT2D eigenvalue weighted by Crippen LogP contribution is 2.02. The zero-order valence-electron chi connectivity index (χ0n) is 9.60. The molecule has 0 aromatic heterocycles. The smallest absolute Gasteiger partial charge is 0.0141 e. The number of nitrogens with two attached hydrogens (primary N) is 1. The van der Waals surface area contributed by atoms with Crippen LogP contribution in [0.2, 0.25) is 0 Å². The van der Waals surface area contributed by atoms with E-state index in [1.54, 1.807) is 0 Å². The van der Waals surface area contributed by atoms with Crippen LogP contribution in [0.1, 0.15) is 51.9 Å². The van der Waals surface area contributed by atoms with Crippen molar-refractivity contribution in [3.05, 3.63) is 12.3 Å².